The van der Waals surface area contributed by atoms with Gasteiger partial charge in [0.05, 0.1) is 35.5 Å². The Hall–Kier alpha value is -2.99. The second-order valence-electron chi connectivity index (χ2n) is 5.77. The number of hydrogen-bond acceptors (Lipinski definition) is 4. The maximum atomic E-state index is 4.87. The molecular formula is C18H18N6. The highest BCUT2D eigenvalue weighted by atomic mass is 15.2. The van der Waals surface area contributed by atoms with Crippen LogP contribution in [0.25, 0.3) is 28.0 Å². The van der Waals surface area contributed by atoms with Gasteiger partial charge in [0.25, 0.3) is 0 Å². The Morgan fingerprint density at radius 1 is 1.00 bits per heavy atom. The van der Waals surface area contributed by atoms with Crippen molar-refractivity contribution in [2.45, 2.75) is 6.54 Å². The van der Waals surface area contributed by atoms with E-state index in [0.717, 1.165) is 34.6 Å². The van der Waals surface area contributed by atoms with E-state index in [4.69, 9.17) is 4.98 Å². The molecule has 0 aliphatic heterocycles. The molecule has 0 bridgehead atoms. The average Bonchev–Trinajstić information content (AvgIpc) is 3.23. The minimum absolute atomic E-state index is 0.853. The van der Waals surface area contributed by atoms with Crippen LogP contribution in [0.4, 0.5) is 0 Å². The van der Waals surface area contributed by atoms with Gasteiger partial charge in [-0.1, -0.05) is 24.3 Å². The maximum absolute atomic E-state index is 4.87. The molecule has 4 aromatic rings. The molecule has 0 unspecified atom stereocenters. The first-order valence-electron chi connectivity index (χ1n) is 7.82. The third-order valence-electron chi connectivity index (χ3n) is 4.00. The third-order valence-corrected chi connectivity index (χ3v) is 4.00. The van der Waals surface area contributed by atoms with Gasteiger partial charge in [0, 0.05) is 30.9 Å². The van der Waals surface area contributed by atoms with Crippen molar-refractivity contribution in [1.82, 2.24) is 29.7 Å². The van der Waals surface area contributed by atoms with Gasteiger partial charge in [0.15, 0.2) is 0 Å². The summed E-state index contributed by atoms with van der Waals surface area (Å²) in [6, 6.07) is 10.4. The van der Waals surface area contributed by atoms with Crippen molar-refractivity contribution in [2.75, 3.05) is 7.05 Å². The fourth-order valence-electron chi connectivity index (χ4n) is 2.82. The minimum atomic E-state index is 0.853. The first-order valence-corrected chi connectivity index (χ1v) is 7.82. The predicted molar refractivity (Wildman–Crippen MR) is 93.4 cm³/mol. The molecule has 0 fully saturated rings. The van der Waals surface area contributed by atoms with Gasteiger partial charge in [0.2, 0.25) is 0 Å². The van der Waals surface area contributed by atoms with Gasteiger partial charge in [-0.05, 0) is 18.7 Å². The standard InChI is InChI=1S/C18H18N6/c1-19-9-13-3-5-14(6-4-13)18-17-7-8-20-24(17)12-16(22-18)15-10-21-23(2)11-15/h3-8,10-12,19H,9H2,1-2H3. The molecule has 1 aromatic carbocycles. The molecular weight excluding hydrogens is 300 g/mol. The van der Waals surface area contributed by atoms with Crippen LogP contribution >= 0.6 is 0 Å². The van der Waals surface area contributed by atoms with E-state index in [-0.39, 0.29) is 0 Å². The summed E-state index contributed by atoms with van der Waals surface area (Å²) >= 11 is 0. The molecule has 0 aliphatic rings. The zero-order valence-electron chi connectivity index (χ0n) is 13.6. The number of benzene rings is 1. The molecule has 3 heterocycles. The number of rotatable bonds is 4. The Morgan fingerprint density at radius 3 is 2.54 bits per heavy atom. The lowest BCUT2D eigenvalue weighted by molar-refractivity contribution is 0.768. The van der Waals surface area contributed by atoms with E-state index in [1.807, 2.05) is 43.3 Å². The molecule has 24 heavy (non-hydrogen) atoms. The van der Waals surface area contributed by atoms with Gasteiger partial charge < -0.3 is 5.32 Å². The predicted octanol–water partition coefficient (Wildman–Crippen LogP) is 2.52. The zero-order chi connectivity index (χ0) is 16.5. The fraction of sp³-hybridized carbons (Fsp3) is 0.167. The Labute approximate surface area is 139 Å². The van der Waals surface area contributed by atoms with E-state index in [9.17, 15) is 0 Å². The Balaban J connectivity index is 1.85. The van der Waals surface area contributed by atoms with Crippen LogP contribution in [0.3, 0.4) is 0 Å². The second kappa shape index (κ2) is 5.90. The largest absolute Gasteiger partial charge is 0.316 e. The lowest BCUT2D eigenvalue weighted by Crippen LogP contribution is -2.04. The number of hydrogen-bond donors (Lipinski definition) is 1. The summed E-state index contributed by atoms with van der Waals surface area (Å²) in [6.07, 6.45) is 7.50. The van der Waals surface area contributed by atoms with E-state index in [1.54, 1.807) is 10.9 Å². The molecule has 0 spiro atoms. The number of nitrogens with zero attached hydrogens (tertiary/aromatic N) is 5. The monoisotopic (exact) mass is 318 g/mol. The van der Waals surface area contributed by atoms with Crippen molar-refractivity contribution >= 4 is 5.52 Å². The van der Waals surface area contributed by atoms with E-state index >= 15 is 0 Å². The van der Waals surface area contributed by atoms with Crippen LogP contribution in [0.1, 0.15) is 5.56 Å². The van der Waals surface area contributed by atoms with Crippen LogP contribution < -0.4 is 5.32 Å². The van der Waals surface area contributed by atoms with Gasteiger partial charge in [-0.15, -0.1) is 0 Å². The number of aryl methyl sites for hydroxylation is 1. The summed E-state index contributed by atoms with van der Waals surface area (Å²) in [5.41, 5.74) is 6.06. The van der Waals surface area contributed by atoms with Gasteiger partial charge in [-0.25, -0.2) is 9.50 Å². The number of fused-ring (bicyclic) bond motifs is 1. The molecule has 4 rings (SSSR count). The van der Waals surface area contributed by atoms with Crippen LogP contribution in [-0.4, -0.2) is 31.4 Å². The summed E-state index contributed by atoms with van der Waals surface area (Å²) in [5.74, 6) is 0. The first kappa shape index (κ1) is 14.6. The van der Waals surface area contributed by atoms with E-state index < -0.39 is 0 Å². The molecule has 0 aliphatic carbocycles. The molecule has 0 atom stereocenters. The van der Waals surface area contributed by atoms with Gasteiger partial charge >= 0.3 is 0 Å². The summed E-state index contributed by atoms with van der Waals surface area (Å²) < 4.78 is 3.64. The van der Waals surface area contributed by atoms with E-state index in [0.29, 0.717) is 0 Å². The van der Waals surface area contributed by atoms with Crippen molar-refractivity contribution in [1.29, 1.82) is 0 Å². The lowest BCUT2D eigenvalue weighted by Gasteiger charge is -2.08. The first-order chi connectivity index (χ1) is 11.7. The molecule has 0 saturated heterocycles. The lowest BCUT2D eigenvalue weighted by atomic mass is 10.1. The van der Waals surface area contributed by atoms with Crippen LogP contribution in [0, 0.1) is 0 Å². The average molecular weight is 318 g/mol. The highest BCUT2D eigenvalue weighted by Gasteiger charge is 2.11. The molecule has 6 nitrogen and oxygen atoms in total. The van der Waals surface area contributed by atoms with Gasteiger partial charge in [-0.3, -0.25) is 4.68 Å². The topological polar surface area (TPSA) is 60.0 Å². The van der Waals surface area contributed by atoms with Crippen LogP contribution in [0.2, 0.25) is 0 Å². The Kier molecular flexibility index (Phi) is 3.59. The zero-order valence-corrected chi connectivity index (χ0v) is 13.6. The molecule has 0 saturated carbocycles. The molecule has 120 valence electrons. The van der Waals surface area contributed by atoms with Crippen molar-refractivity contribution in [2.24, 2.45) is 7.05 Å². The van der Waals surface area contributed by atoms with Gasteiger partial charge in [0.1, 0.15) is 0 Å². The summed E-state index contributed by atoms with van der Waals surface area (Å²) in [6.45, 7) is 0.853. The Morgan fingerprint density at radius 2 is 1.83 bits per heavy atom. The van der Waals surface area contributed by atoms with Crippen LogP contribution in [0.5, 0.6) is 0 Å². The molecule has 0 radical (unpaired) electrons. The number of nitrogens with one attached hydrogen (secondary N) is 1. The molecule has 0 amide bonds. The third kappa shape index (κ3) is 2.57. The quantitative estimate of drug-likeness (QED) is 0.628. The molecule has 1 N–H and O–H groups in total. The minimum Gasteiger partial charge on any atom is -0.316 e. The van der Waals surface area contributed by atoms with Gasteiger partial charge in [-0.2, -0.15) is 10.2 Å². The van der Waals surface area contributed by atoms with E-state index in [2.05, 4.69) is 39.8 Å². The summed E-state index contributed by atoms with van der Waals surface area (Å²) in [7, 11) is 3.85. The van der Waals surface area contributed by atoms with Crippen LogP contribution in [0.15, 0.2) is 55.1 Å². The molecule has 6 heteroatoms. The fourth-order valence-corrected chi connectivity index (χ4v) is 2.82. The van der Waals surface area contributed by atoms with Crippen molar-refractivity contribution < 1.29 is 0 Å². The van der Waals surface area contributed by atoms with Crippen molar-refractivity contribution in [3.05, 3.63) is 60.7 Å². The normalized spacial score (nSPS) is 11.2. The highest BCUT2D eigenvalue weighted by molar-refractivity contribution is 5.78. The maximum Gasteiger partial charge on any atom is 0.0967 e. The SMILES string of the molecule is CNCc1ccc(-c2nc(-c3cnn(C)c3)cn3nccc23)cc1. The second-order valence-corrected chi connectivity index (χ2v) is 5.77. The van der Waals surface area contributed by atoms with Crippen molar-refractivity contribution in [3.63, 3.8) is 0 Å². The number of aromatic nitrogens is 5. The van der Waals surface area contributed by atoms with Crippen molar-refractivity contribution in [3.8, 4) is 22.5 Å². The van der Waals surface area contributed by atoms with E-state index in [1.165, 1.54) is 5.56 Å². The smallest absolute Gasteiger partial charge is 0.0967 e. The summed E-state index contributed by atoms with van der Waals surface area (Å²) in [5, 5.41) is 11.8. The molecule has 3 aromatic heterocycles. The van der Waals surface area contributed by atoms with Crippen LogP contribution in [-0.2, 0) is 13.6 Å². The highest BCUT2D eigenvalue weighted by Crippen LogP contribution is 2.26. The Bertz CT molecular complexity index is 980. The summed E-state index contributed by atoms with van der Waals surface area (Å²) in [4.78, 5) is 4.87.